The number of rotatable bonds is 5. The van der Waals surface area contributed by atoms with Crippen molar-refractivity contribution in [3.8, 4) is 5.75 Å². The Balaban J connectivity index is 1.78. The quantitative estimate of drug-likeness (QED) is 0.457. The number of ether oxygens (including phenoxy) is 1. The number of hydrogen-bond donors (Lipinski definition) is 2. The molecule has 3 rings (SSSR count). The highest BCUT2D eigenvalue weighted by atomic mass is 79.9. The predicted molar refractivity (Wildman–Crippen MR) is 115 cm³/mol. The van der Waals surface area contributed by atoms with Gasteiger partial charge in [-0.25, -0.2) is 0 Å². The topological polar surface area (TPSA) is 67.4 Å². The fourth-order valence-electron chi connectivity index (χ4n) is 2.41. The van der Waals surface area contributed by atoms with Crippen LogP contribution in [0.1, 0.15) is 20.0 Å². The van der Waals surface area contributed by atoms with Crippen molar-refractivity contribution < 1.29 is 14.3 Å². The first kappa shape index (κ1) is 19.6. The normalized spacial score (nSPS) is 10.3. The molecular weight excluding hydrogens is 496 g/mol. The van der Waals surface area contributed by atoms with Crippen LogP contribution in [-0.2, 0) is 0 Å². The van der Waals surface area contributed by atoms with E-state index in [4.69, 9.17) is 4.74 Å². The number of halogens is 2. The van der Waals surface area contributed by atoms with E-state index < -0.39 is 0 Å². The van der Waals surface area contributed by atoms with Crippen LogP contribution in [-0.4, -0.2) is 18.9 Å². The van der Waals surface area contributed by atoms with Crippen LogP contribution in [0.25, 0.3) is 0 Å². The van der Waals surface area contributed by atoms with E-state index in [1.165, 1.54) is 18.4 Å². The number of carbonyl (C=O) groups excluding carboxylic acids is 2. The summed E-state index contributed by atoms with van der Waals surface area (Å²) in [5.41, 5.74) is 1.53. The Morgan fingerprint density at radius 3 is 2.30 bits per heavy atom. The summed E-state index contributed by atoms with van der Waals surface area (Å²) in [4.78, 5) is 25.5. The second-order valence-corrected chi connectivity index (χ2v) is 8.15. The molecule has 2 amide bonds. The Morgan fingerprint density at radius 1 is 0.963 bits per heavy atom. The van der Waals surface area contributed by atoms with Crippen LogP contribution in [0.3, 0.4) is 0 Å². The van der Waals surface area contributed by atoms with Crippen LogP contribution in [0.4, 0.5) is 11.4 Å². The van der Waals surface area contributed by atoms with Crippen LogP contribution in [0.5, 0.6) is 5.75 Å². The van der Waals surface area contributed by atoms with Crippen molar-refractivity contribution in [2.45, 2.75) is 0 Å². The third-order valence-corrected chi connectivity index (χ3v) is 5.50. The van der Waals surface area contributed by atoms with Crippen molar-refractivity contribution in [3.63, 3.8) is 0 Å². The Labute approximate surface area is 177 Å². The van der Waals surface area contributed by atoms with E-state index in [0.717, 1.165) is 4.47 Å². The van der Waals surface area contributed by atoms with Gasteiger partial charge in [0.05, 0.1) is 22.0 Å². The van der Waals surface area contributed by atoms with Gasteiger partial charge >= 0.3 is 0 Å². The summed E-state index contributed by atoms with van der Waals surface area (Å²) in [5.74, 6) is -0.0699. The van der Waals surface area contributed by atoms with E-state index >= 15 is 0 Å². The van der Waals surface area contributed by atoms with Crippen LogP contribution < -0.4 is 15.4 Å². The van der Waals surface area contributed by atoms with Crippen molar-refractivity contribution in [3.05, 3.63) is 73.3 Å². The number of benzene rings is 2. The molecule has 0 fully saturated rings. The fourth-order valence-corrected chi connectivity index (χ4v) is 4.42. The first-order valence-corrected chi connectivity index (χ1v) is 10.2. The molecule has 2 aromatic carbocycles. The number of methoxy groups -OCH3 is 1. The fraction of sp³-hybridized carbons (Fsp3) is 0.0526. The lowest BCUT2D eigenvalue weighted by molar-refractivity contribution is 0.101. The summed E-state index contributed by atoms with van der Waals surface area (Å²) < 4.78 is 6.74. The molecule has 0 saturated heterocycles. The zero-order valence-electron chi connectivity index (χ0n) is 14.1. The molecule has 0 aliphatic rings. The number of anilines is 2. The minimum Gasteiger partial charge on any atom is -0.495 e. The van der Waals surface area contributed by atoms with Crippen molar-refractivity contribution in [1.82, 2.24) is 0 Å². The van der Waals surface area contributed by atoms with Gasteiger partial charge in [-0.05, 0) is 57.7 Å². The SMILES string of the molecule is COc1c(Br)cc(Br)cc1C(=O)Nc1cccc(NC(=O)c2cccs2)c1. The van der Waals surface area contributed by atoms with Crippen molar-refractivity contribution in [2.75, 3.05) is 17.7 Å². The minimum atomic E-state index is -0.324. The van der Waals surface area contributed by atoms with E-state index in [9.17, 15) is 9.59 Å². The first-order chi connectivity index (χ1) is 13.0. The van der Waals surface area contributed by atoms with Gasteiger partial charge in [0.15, 0.2) is 0 Å². The molecule has 3 aromatic rings. The number of nitrogens with one attached hydrogen (secondary N) is 2. The highest BCUT2D eigenvalue weighted by molar-refractivity contribution is 9.11. The molecule has 0 radical (unpaired) electrons. The van der Waals surface area contributed by atoms with Gasteiger partial charge in [0.1, 0.15) is 5.75 Å². The molecule has 0 bridgehead atoms. The number of thiophene rings is 1. The molecule has 0 aliphatic carbocycles. The lowest BCUT2D eigenvalue weighted by Gasteiger charge is -2.12. The van der Waals surface area contributed by atoms with Gasteiger partial charge in [0, 0.05) is 15.8 Å². The average Bonchev–Trinajstić information content (AvgIpc) is 3.16. The molecule has 0 unspecified atom stereocenters. The summed E-state index contributed by atoms with van der Waals surface area (Å²) in [6, 6.07) is 14.0. The van der Waals surface area contributed by atoms with Gasteiger partial charge in [-0.2, -0.15) is 0 Å². The first-order valence-electron chi connectivity index (χ1n) is 7.77. The van der Waals surface area contributed by atoms with Crippen LogP contribution in [0.15, 0.2) is 62.9 Å². The van der Waals surface area contributed by atoms with Gasteiger partial charge < -0.3 is 15.4 Å². The maximum Gasteiger partial charge on any atom is 0.265 e. The molecular formula is C19H14Br2N2O3S. The Bertz CT molecular complexity index is 991. The molecule has 1 aromatic heterocycles. The lowest BCUT2D eigenvalue weighted by Crippen LogP contribution is -2.14. The zero-order chi connectivity index (χ0) is 19.4. The van der Waals surface area contributed by atoms with Crippen LogP contribution in [0, 0.1) is 0 Å². The highest BCUT2D eigenvalue weighted by Gasteiger charge is 2.17. The van der Waals surface area contributed by atoms with Gasteiger partial charge in [-0.3, -0.25) is 9.59 Å². The third kappa shape index (κ3) is 4.77. The Morgan fingerprint density at radius 2 is 1.67 bits per heavy atom. The molecule has 0 saturated carbocycles. The second kappa shape index (κ2) is 8.69. The molecule has 0 spiro atoms. The average molecular weight is 510 g/mol. The summed E-state index contributed by atoms with van der Waals surface area (Å²) in [7, 11) is 1.51. The summed E-state index contributed by atoms with van der Waals surface area (Å²) >= 11 is 8.13. The zero-order valence-corrected chi connectivity index (χ0v) is 18.1. The third-order valence-electron chi connectivity index (χ3n) is 3.58. The van der Waals surface area contributed by atoms with Gasteiger partial charge in [0.25, 0.3) is 11.8 Å². The summed E-state index contributed by atoms with van der Waals surface area (Å²) in [5, 5.41) is 7.49. The maximum atomic E-state index is 12.7. The maximum absolute atomic E-state index is 12.7. The van der Waals surface area contributed by atoms with Gasteiger partial charge in [0.2, 0.25) is 0 Å². The Kier molecular flexibility index (Phi) is 6.30. The lowest BCUT2D eigenvalue weighted by atomic mass is 10.1. The van der Waals surface area contributed by atoms with E-state index in [1.807, 2.05) is 11.4 Å². The number of hydrogen-bond acceptors (Lipinski definition) is 4. The number of carbonyl (C=O) groups is 2. The molecule has 2 N–H and O–H groups in total. The molecule has 0 aliphatic heterocycles. The smallest absolute Gasteiger partial charge is 0.265 e. The van der Waals surface area contributed by atoms with E-state index in [-0.39, 0.29) is 11.8 Å². The second-order valence-electron chi connectivity index (χ2n) is 5.43. The predicted octanol–water partition coefficient (Wildman–Crippen LogP) is 5.79. The minimum absolute atomic E-state index is 0.189. The highest BCUT2D eigenvalue weighted by Crippen LogP contribution is 2.33. The van der Waals surface area contributed by atoms with Gasteiger partial charge in [-0.15, -0.1) is 11.3 Å². The van der Waals surface area contributed by atoms with Crippen molar-refractivity contribution in [1.29, 1.82) is 0 Å². The standard InChI is InChI=1S/C19H14Br2N2O3S/c1-26-17-14(8-11(20)9-15(17)21)18(24)22-12-4-2-5-13(10-12)23-19(25)16-6-3-7-27-16/h2-10H,1H3,(H,22,24)(H,23,25). The summed E-state index contributed by atoms with van der Waals surface area (Å²) in [6.45, 7) is 0. The van der Waals surface area contributed by atoms with E-state index in [0.29, 0.717) is 32.0 Å². The van der Waals surface area contributed by atoms with Gasteiger partial charge in [-0.1, -0.05) is 28.1 Å². The largest absolute Gasteiger partial charge is 0.495 e. The molecule has 27 heavy (non-hydrogen) atoms. The molecule has 138 valence electrons. The van der Waals surface area contributed by atoms with E-state index in [2.05, 4.69) is 42.5 Å². The monoisotopic (exact) mass is 508 g/mol. The van der Waals surface area contributed by atoms with Crippen molar-refractivity contribution in [2.24, 2.45) is 0 Å². The Hall–Kier alpha value is -2.16. The molecule has 0 atom stereocenters. The molecule has 5 nitrogen and oxygen atoms in total. The summed E-state index contributed by atoms with van der Waals surface area (Å²) in [6.07, 6.45) is 0. The van der Waals surface area contributed by atoms with Crippen LogP contribution >= 0.6 is 43.2 Å². The molecule has 1 heterocycles. The molecule has 8 heteroatoms. The number of amides is 2. The van der Waals surface area contributed by atoms with E-state index in [1.54, 1.807) is 42.5 Å². The van der Waals surface area contributed by atoms with Crippen LogP contribution in [0.2, 0.25) is 0 Å². The van der Waals surface area contributed by atoms with Crippen molar-refractivity contribution >= 4 is 66.4 Å².